The number of hydrogen-bond acceptors (Lipinski definition) is 5. The van der Waals surface area contributed by atoms with Crippen molar-refractivity contribution in [2.75, 3.05) is 31.6 Å². The van der Waals surface area contributed by atoms with Crippen LogP contribution in [0.3, 0.4) is 0 Å². The molecule has 32 heavy (non-hydrogen) atoms. The molecular weight excluding hydrogens is 426 g/mol. The predicted octanol–water partition coefficient (Wildman–Crippen LogP) is 3.25. The lowest BCUT2D eigenvalue weighted by atomic mass is 10.1. The number of anilines is 1. The minimum Gasteiger partial charge on any atom is -0.379 e. The first-order chi connectivity index (χ1) is 15.4. The van der Waals surface area contributed by atoms with Crippen molar-refractivity contribution >= 4 is 21.6 Å². The Morgan fingerprint density at radius 1 is 1.00 bits per heavy atom. The summed E-state index contributed by atoms with van der Waals surface area (Å²) in [6.45, 7) is 3.09. The molecule has 0 spiro atoms. The Labute approximate surface area is 188 Å². The van der Waals surface area contributed by atoms with Crippen molar-refractivity contribution in [3.63, 3.8) is 0 Å². The first kappa shape index (κ1) is 22.1. The number of rotatable bonds is 6. The Bertz CT molecular complexity index is 1190. The van der Waals surface area contributed by atoms with Crippen LogP contribution < -0.4 is 5.32 Å². The highest BCUT2D eigenvalue weighted by molar-refractivity contribution is 7.89. The zero-order valence-corrected chi connectivity index (χ0v) is 18.6. The van der Waals surface area contributed by atoms with Gasteiger partial charge in [0.15, 0.2) is 0 Å². The molecule has 1 aromatic heterocycles. The lowest BCUT2D eigenvalue weighted by Gasteiger charge is -2.26. The van der Waals surface area contributed by atoms with Crippen molar-refractivity contribution in [1.82, 2.24) is 9.29 Å². The van der Waals surface area contributed by atoms with Gasteiger partial charge >= 0.3 is 0 Å². The largest absolute Gasteiger partial charge is 0.379 e. The maximum atomic E-state index is 13.1. The van der Waals surface area contributed by atoms with Gasteiger partial charge in [0.1, 0.15) is 0 Å². The van der Waals surface area contributed by atoms with Gasteiger partial charge in [-0.3, -0.25) is 9.78 Å². The van der Waals surface area contributed by atoms with Gasteiger partial charge < -0.3 is 10.1 Å². The zero-order valence-electron chi connectivity index (χ0n) is 17.8. The quantitative estimate of drug-likeness (QED) is 0.622. The molecule has 1 aliphatic heterocycles. The van der Waals surface area contributed by atoms with Gasteiger partial charge in [0.25, 0.3) is 5.91 Å². The number of nitrogens with one attached hydrogen (secondary N) is 1. The van der Waals surface area contributed by atoms with E-state index in [1.807, 2.05) is 36.4 Å². The van der Waals surface area contributed by atoms with E-state index in [-0.39, 0.29) is 10.8 Å². The number of ether oxygens (including phenoxy) is 1. The number of aryl methyl sites for hydroxylation is 1. The van der Waals surface area contributed by atoms with Gasteiger partial charge in [0.2, 0.25) is 10.0 Å². The molecule has 1 N–H and O–H groups in total. The summed E-state index contributed by atoms with van der Waals surface area (Å²) >= 11 is 0. The highest BCUT2D eigenvalue weighted by Gasteiger charge is 2.28. The summed E-state index contributed by atoms with van der Waals surface area (Å²) in [6, 6.07) is 16.3. The van der Waals surface area contributed by atoms with E-state index in [2.05, 4.69) is 10.3 Å². The van der Waals surface area contributed by atoms with Crippen LogP contribution in [0.15, 0.2) is 71.9 Å². The molecule has 8 heteroatoms. The molecule has 2 aromatic carbocycles. The molecule has 7 nitrogen and oxygen atoms in total. The summed E-state index contributed by atoms with van der Waals surface area (Å²) in [4.78, 5) is 17.0. The number of nitrogens with zero attached hydrogens (tertiary/aromatic N) is 2. The summed E-state index contributed by atoms with van der Waals surface area (Å²) in [5.74, 6) is -0.356. The maximum Gasteiger partial charge on any atom is 0.255 e. The van der Waals surface area contributed by atoms with Crippen LogP contribution in [0.4, 0.5) is 5.69 Å². The molecule has 0 aliphatic carbocycles. The second-order valence-electron chi connectivity index (χ2n) is 7.68. The van der Waals surface area contributed by atoms with Crippen molar-refractivity contribution in [2.45, 2.75) is 18.2 Å². The summed E-state index contributed by atoms with van der Waals surface area (Å²) < 4.78 is 32.8. The van der Waals surface area contributed by atoms with Crippen LogP contribution in [-0.4, -0.2) is 49.9 Å². The fourth-order valence-electron chi connectivity index (χ4n) is 3.59. The molecule has 0 unspecified atom stereocenters. The molecule has 3 aromatic rings. The maximum absolute atomic E-state index is 13.1. The highest BCUT2D eigenvalue weighted by Crippen LogP contribution is 2.23. The Balaban J connectivity index is 1.48. The number of carbonyl (C=O) groups excluding carboxylic acids is 1. The number of morpholine rings is 1. The topological polar surface area (TPSA) is 88.6 Å². The molecule has 4 rings (SSSR count). The van der Waals surface area contributed by atoms with E-state index in [9.17, 15) is 13.2 Å². The third-order valence-corrected chi connectivity index (χ3v) is 7.45. The van der Waals surface area contributed by atoms with Crippen LogP contribution in [0, 0.1) is 6.92 Å². The van der Waals surface area contributed by atoms with Crippen LogP contribution >= 0.6 is 0 Å². The van der Waals surface area contributed by atoms with Crippen molar-refractivity contribution in [2.24, 2.45) is 0 Å². The van der Waals surface area contributed by atoms with E-state index in [1.165, 1.54) is 10.4 Å². The number of carbonyl (C=O) groups is 1. The Morgan fingerprint density at radius 3 is 2.34 bits per heavy atom. The van der Waals surface area contributed by atoms with Gasteiger partial charge in [-0.05, 0) is 66.4 Å². The minimum atomic E-state index is -3.69. The molecule has 0 bridgehead atoms. The van der Waals surface area contributed by atoms with Crippen LogP contribution in [0.2, 0.25) is 0 Å². The van der Waals surface area contributed by atoms with Crippen molar-refractivity contribution in [1.29, 1.82) is 0 Å². The molecule has 166 valence electrons. The number of sulfonamides is 1. The van der Waals surface area contributed by atoms with Gasteiger partial charge in [-0.2, -0.15) is 4.31 Å². The molecule has 1 saturated heterocycles. The molecule has 0 radical (unpaired) electrons. The van der Waals surface area contributed by atoms with Crippen LogP contribution in [0.1, 0.15) is 27.0 Å². The van der Waals surface area contributed by atoms with Crippen molar-refractivity contribution in [3.05, 3.63) is 89.2 Å². The zero-order chi connectivity index (χ0) is 22.6. The third kappa shape index (κ3) is 5.04. The van der Waals surface area contributed by atoms with Crippen LogP contribution in [0.5, 0.6) is 0 Å². The molecule has 1 aliphatic rings. The number of aromatic nitrogens is 1. The van der Waals surface area contributed by atoms with Crippen molar-refractivity contribution in [3.8, 4) is 0 Å². The fourth-order valence-corrected chi connectivity index (χ4v) is 5.25. The average molecular weight is 452 g/mol. The van der Waals surface area contributed by atoms with E-state index in [0.717, 1.165) is 17.5 Å². The first-order valence-corrected chi connectivity index (χ1v) is 11.9. The number of hydrogen-bond donors (Lipinski definition) is 1. The lowest BCUT2D eigenvalue weighted by molar-refractivity contribution is 0.0730. The highest BCUT2D eigenvalue weighted by atomic mass is 32.2. The third-order valence-electron chi connectivity index (χ3n) is 5.41. The van der Waals surface area contributed by atoms with Gasteiger partial charge in [-0.25, -0.2) is 8.42 Å². The summed E-state index contributed by atoms with van der Waals surface area (Å²) in [5.41, 5.74) is 3.82. The minimum absolute atomic E-state index is 0.153. The molecule has 0 saturated carbocycles. The van der Waals surface area contributed by atoms with E-state index in [1.54, 1.807) is 31.5 Å². The molecule has 1 amide bonds. The van der Waals surface area contributed by atoms with Crippen molar-refractivity contribution < 1.29 is 17.9 Å². The van der Waals surface area contributed by atoms with E-state index >= 15 is 0 Å². The molecule has 1 fully saturated rings. The van der Waals surface area contributed by atoms with Gasteiger partial charge in [0, 0.05) is 36.7 Å². The van der Waals surface area contributed by atoms with Crippen LogP contribution in [0.25, 0.3) is 0 Å². The number of pyridine rings is 1. The summed E-state index contributed by atoms with van der Waals surface area (Å²) in [5, 5.41) is 2.85. The van der Waals surface area contributed by atoms with Gasteiger partial charge in [0.05, 0.1) is 18.1 Å². The average Bonchev–Trinajstić information content (AvgIpc) is 2.82. The Morgan fingerprint density at radius 2 is 1.66 bits per heavy atom. The fraction of sp³-hybridized carbons (Fsp3) is 0.250. The first-order valence-electron chi connectivity index (χ1n) is 10.4. The normalized spacial score (nSPS) is 14.8. The lowest BCUT2D eigenvalue weighted by Crippen LogP contribution is -2.40. The van der Waals surface area contributed by atoms with Gasteiger partial charge in [-0.15, -0.1) is 0 Å². The second-order valence-corrected chi connectivity index (χ2v) is 9.59. The number of amides is 1. The predicted molar refractivity (Wildman–Crippen MR) is 122 cm³/mol. The monoisotopic (exact) mass is 451 g/mol. The standard InChI is InChI=1S/C24H25N3O4S/c1-18-2-5-21(17-23(18)32(29,30)27-12-14-31-15-13-27)24(28)26-22-6-3-19(4-7-22)16-20-8-10-25-11-9-20/h2-11,17H,12-16H2,1H3,(H,26,28). The Kier molecular flexibility index (Phi) is 6.64. The molecule has 0 atom stereocenters. The SMILES string of the molecule is Cc1ccc(C(=O)Nc2ccc(Cc3ccncc3)cc2)cc1S(=O)(=O)N1CCOCC1. The van der Waals surface area contributed by atoms with E-state index < -0.39 is 10.0 Å². The molecule has 2 heterocycles. The van der Waals surface area contributed by atoms with E-state index in [0.29, 0.717) is 43.1 Å². The second kappa shape index (κ2) is 9.60. The van der Waals surface area contributed by atoms with Crippen LogP contribution in [-0.2, 0) is 21.2 Å². The Hall–Kier alpha value is -3.07. The van der Waals surface area contributed by atoms with Gasteiger partial charge in [-0.1, -0.05) is 18.2 Å². The molecular formula is C24H25N3O4S. The van der Waals surface area contributed by atoms with E-state index in [4.69, 9.17) is 4.74 Å². The summed E-state index contributed by atoms with van der Waals surface area (Å²) in [7, 11) is -3.69. The number of benzene rings is 2. The summed E-state index contributed by atoms with van der Waals surface area (Å²) in [6.07, 6.45) is 4.30. The smallest absolute Gasteiger partial charge is 0.255 e.